The molecule has 2 atom stereocenters. The second kappa shape index (κ2) is 6.61. The lowest BCUT2D eigenvalue weighted by molar-refractivity contribution is 0.162. The van der Waals surface area contributed by atoms with E-state index in [0.29, 0.717) is 12.0 Å². The first-order valence-electron chi connectivity index (χ1n) is 7.00. The van der Waals surface area contributed by atoms with Crippen molar-refractivity contribution in [2.24, 2.45) is 23.5 Å². The third-order valence-corrected chi connectivity index (χ3v) is 4.23. The normalized spacial score (nSPS) is 26.1. The van der Waals surface area contributed by atoms with Gasteiger partial charge in [0.25, 0.3) is 0 Å². The molecule has 1 rings (SSSR count). The summed E-state index contributed by atoms with van der Waals surface area (Å²) in [4.78, 5) is 2.63. The number of nitrogens with two attached hydrogens (primary N) is 1. The fraction of sp³-hybridized carbons (Fsp3) is 1.00. The van der Waals surface area contributed by atoms with Crippen molar-refractivity contribution in [3.05, 3.63) is 0 Å². The molecule has 1 aliphatic heterocycles. The fourth-order valence-corrected chi connectivity index (χ4v) is 2.99. The van der Waals surface area contributed by atoms with Crippen molar-refractivity contribution in [2.75, 3.05) is 19.6 Å². The van der Waals surface area contributed by atoms with Gasteiger partial charge in [-0.1, -0.05) is 27.7 Å². The van der Waals surface area contributed by atoms with Crippen molar-refractivity contribution in [1.29, 1.82) is 0 Å². The Morgan fingerprint density at radius 2 is 1.81 bits per heavy atom. The first-order chi connectivity index (χ1) is 7.56. The van der Waals surface area contributed by atoms with E-state index < -0.39 is 0 Å². The quantitative estimate of drug-likeness (QED) is 0.798. The Labute approximate surface area is 102 Å². The second-order valence-electron chi connectivity index (χ2n) is 6.02. The molecule has 0 aromatic heterocycles. The lowest BCUT2D eigenvalue weighted by Gasteiger charge is -2.32. The minimum Gasteiger partial charge on any atom is -0.329 e. The third-order valence-electron chi connectivity index (χ3n) is 4.23. The monoisotopic (exact) mass is 226 g/mol. The van der Waals surface area contributed by atoms with Gasteiger partial charge >= 0.3 is 0 Å². The van der Waals surface area contributed by atoms with Crippen molar-refractivity contribution in [3.8, 4) is 0 Å². The molecule has 0 amide bonds. The molecule has 16 heavy (non-hydrogen) atoms. The number of hydrogen-bond donors (Lipinski definition) is 1. The summed E-state index contributed by atoms with van der Waals surface area (Å²) in [6.07, 6.45) is 4.12. The Balaban J connectivity index is 2.51. The highest BCUT2D eigenvalue weighted by Crippen LogP contribution is 2.26. The maximum atomic E-state index is 5.91. The minimum atomic E-state index is 0.589. The van der Waals surface area contributed by atoms with E-state index in [1.165, 1.54) is 32.4 Å². The molecule has 2 N–H and O–H groups in total. The van der Waals surface area contributed by atoms with Crippen LogP contribution in [0.4, 0.5) is 0 Å². The van der Waals surface area contributed by atoms with Crippen LogP contribution in [-0.4, -0.2) is 30.6 Å². The lowest BCUT2D eigenvalue weighted by atomic mass is 9.89. The summed E-state index contributed by atoms with van der Waals surface area (Å²) in [6, 6.07) is 0.589. The van der Waals surface area contributed by atoms with Gasteiger partial charge in [0, 0.05) is 12.6 Å². The summed E-state index contributed by atoms with van der Waals surface area (Å²) in [5.41, 5.74) is 5.91. The van der Waals surface area contributed by atoms with Crippen molar-refractivity contribution in [1.82, 2.24) is 4.90 Å². The summed E-state index contributed by atoms with van der Waals surface area (Å²) in [6.45, 7) is 12.6. The largest absolute Gasteiger partial charge is 0.329 e. The molecule has 1 heterocycles. The van der Waals surface area contributed by atoms with Crippen LogP contribution < -0.4 is 5.73 Å². The zero-order valence-electron chi connectivity index (χ0n) is 11.6. The molecule has 2 heteroatoms. The highest BCUT2D eigenvalue weighted by molar-refractivity contribution is 4.80. The molecule has 0 radical (unpaired) electrons. The van der Waals surface area contributed by atoms with Gasteiger partial charge in [-0.05, 0) is 50.1 Å². The van der Waals surface area contributed by atoms with Gasteiger partial charge in [-0.3, -0.25) is 4.90 Å². The maximum Gasteiger partial charge on any atom is 0.0241 e. The van der Waals surface area contributed by atoms with E-state index in [1.54, 1.807) is 0 Å². The average molecular weight is 226 g/mol. The highest BCUT2D eigenvalue weighted by atomic mass is 15.2. The first kappa shape index (κ1) is 14.0. The summed E-state index contributed by atoms with van der Waals surface area (Å²) in [7, 11) is 0. The van der Waals surface area contributed by atoms with Gasteiger partial charge in [-0.25, -0.2) is 0 Å². The number of likely N-dealkylation sites (tertiary alicyclic amines) is 1. The van der Waals surface area contributed by atoms with Crippen LogP contribution in [0.3, 0.4) is 0 Å². The summed E-state index contributed by atoms with van der Waals surface area (Å²) in [5, 5.41) is 0. The van der Waals surface area contributed by atoms with Crippen molar-refractivity contribution < 1.29 is 0 Å². The van der Waals surface area contributed by atoms with Crippen LogP contribution in [0.15, 0.2) is 0 Å². The van der Waals surface area contributed by atoms with Gasteiger partial charge in [0.1, 0.15) is 0 Å². The molecule has 0 aliphatic carbocycles. The molecule has 0 saturated carbocycles. The predicted octanol–water partition coefficient (Wildman–Crippen LogP) is 2.73. The topological polar surface area (TPSA) is 29.3 Å². The molecule has 2 unspecified atom stereocenters. The van der Waals surface area contributed by atoms with Crippen LogP contribution in [0.1, 0.15) is 47.0 Å². The van der Waals surface area contributed by atoms with Crippen LogP contribution in [0, 0.1) is 17.8 Å². The number of nitrogens with zero attached hydrogens (tertiary/aromatic N) is 1. The summed E-state index contributed by atoms with van der Waals surface area (Å²) in [5.74, 6) is 2.45. The van der Waals surface area contributed by atoms with Gasteiger partial charge in [0.2, 0.25) is 0 Å². The molecule has 1 fully saturated rings. The average Bonchev–Trinajstić information content (AvgIpc) is 2.44. The third kappa shape index (κ3) is 3.74. The molecule has 0 spiro atoms. The van der Waals surface area contributed by atoms with Crippen LogP contribution >= 0.6 is 0 Å². The van der Waals surface area contributed by atoms with E-state index in [0.717, 1.165) is 18.4 Å². The Bertz CT molecular complexity index is 189. The zero-order chi connectivity index (χ0) is 12.1. The van der Waals surface area contributed by atoms with E-state index in [9.17, 15) is 0 Å². The van der Waals surface area contributed by atoms with Crippen LogP contribution in [0.2, 0.25) is 0 Å². The summed E-state index contributed by atoms with van der Waals surface area (Å²) >= 11 is 0. The van der Waals surface area contributed by atoms with Crippen molar-refractivity contribution in [3.63, 3.8) is 0 Å². The molecule has 1 saturated heterocycles. The van der Waals surface area contributed by atoms with E-state index in [-0.39, 0.29) is 0 Å². The van der Waals surface area contributed by atoms with E-state index in [4.69, 9.17) is 5.73 Å². The maximum absolute atomic E-state index is 5.91. The molecule has 0 bridgehead atoms. The first-order valence-corrected chi connectivity index (χ1v) is 7.00. The number of rotatable bonds is 4. The van der Waals surface area contributed by atoms with Gasteiger partial charge < -0.3 is 5.73 Å². The van der Waals surface area contributed by atoms with Gasteiger partial charge in [0.05, 0.1) is 0 Å². The van der Waals surface area contributed by atoms with Gasteiger partial charge in [-0.15, -0.1) is 0 Å². The fourth-order valence-electron chi connectivity index (χ4n) is 2.99. The molecular formula is C14H30N2. The molecular weight excluding hydrogens is 196 g/mol. The van der Waals surface area contributed by atoms with Gasteiger partial charge in [0.15, 0.2) is 0 Å². The Morgan fingerprint density at radius 3 is 2.31 bits per heavy atom. The van der Waals surface area contributed by atoms with Crippen LogP contribution in [-0.2, 0) is 0 Å². The Kier molecular flexibility index (Phi) is 5.77. The zero-order valence-corrected chi connectivity index (χ0v) is 11.6. The van der Waals surface area contributed by atoms with Gasteiger partial charge in [-0.2, -0.15) is 0 Å². The molecule has 0 aromatic rings. The Hall–Kier alpha value is -0.0800. The van der Waals surface area contributed by atoms with E-state index in [1.807, 2.05) is 0 Å². The standard InChI is InChI=1S/C14H30N2/c1-11(2)13-6-5-8-16(9-7-13)14(10-15)12(3)4/h11-14H,5-10,15H2,1-4H3. The molecule has 96 valence electrons. The minimum absolute atomic E-state index is 0.589. The number of hydrogen-bond acceptors (Lipinski definition) is 2. The van der Waals surface area contributed by atoms with Crippen molar-refractivity contribution >= 4 is 0 Å². The second-order valence-corrected chi connectivity index (χ2v) is 6.02. The summed E-state index contributed by atoms with van der Waals surface area (Å²) < 4.78 is 0. The van der Waals surface area contributed by atoms with E-state index >= 15 is 0 Å². The van der Waals surface area contributed by atoms with Crippen molar-refractivity contribution in [2.45, 2.75) is 53.0 Å². The predicted molar refractivity (Wildman–Crippen MR) is 71.4 cm³/mol. The van der Waals surface area contributed by atoms with Crippen LogP contribution in [0.5, 0.6) is 0 Å². The molecule has 2 nitrogen and oxygen atoms in total. The highest BCUT2D eigenvalue weighted by Gasteiger charge is 2.25. The SMILES string of the molecule is CC(C)C1CCCN(C(CN)C(C)C)CC1. The molecule has 1 aliphatic rings. The smallest absolute Gasteiger partial charge is 0.0241 e. The van der Waals surface area contributed by atoms with Crippen LogP contribution in [0.25, 0.3) is 0 Å². The van der Waals surface area contributed by atoms with E-state index in [2.05, 4.69) is 32.6 Å². The lowest BCUT2D eigenvalue weighted by Crippen LogP contribution is -2.44. The Morgan fingerprint density at radius 1 is 1.12 bits per heavy atom. The molecule has 0 aromatic carbocycles.